The van der Waals surface area contributed by atoms with Crippen molar-refractivity contribution < 1.29 is 13.2 Å². The molecule has 0 fully saturated rings. The maximum atomic E-state index is 12.5. The van der Waals surface area contributed by atoms with Crippen LogP contribution >= 0.6 is 22.7 Å². The molecule has 0 aliphatic heterocycles. The Morgan fingerprint density at radius 2 is 1.66 bits per heavy atom. The van der Waals surface area contributed by atoms with E-state index in [0.717, 1.165) is 28.2 Å². The first-order valence-electron chi connectivity index (χ1n) is 9.36. The maximum Gasteiger partial charge on any atom is 0.250 e. The first-order chi connectivity index (χ1) is 13.9. The van der Waals surface area contributed by atoms with Gasteiger partial charge in [0, 0.05) is 4.88 Å². The van der Waals surface area contributed by atoms with Crippen molar-refractivity contribution in [2.24, 2.45) is 0 Å². The van der Waals surface area contributed by atoms with Crippen LogP contribution in [0.5, 0.6) is 0 Å². The lowest BCUT2D eigenvalue weighted by Crippen LogP contribution is -2.38. The molecule has 0 aliphatic carbocycles. The van der Waals surface area contributed by atoms with E-state index in [4.69, 9.17) is 0 Å². The topological polar surface area (TPSA) is 75.3 Å². The number of hydrogen-bond donors (Lipinski definition) is 2. The molecule has 0 bridgehead atoms. The normalized spacial score (nSPS) is 13.7. The average Bonchev–Trinajstić information content (AvgIpc) is 3.44. The Morgan fingerprint density at radius 3 is 2.24 bits per heavy atom. The minimum Gasteiger partial charge on any atom is -0.343 e. The Kier molecular flexibility index (Phi) is 7.23. The largest absolute Gasteiger partial charge is 0.343 e. The van der Waals surface area contributed by atoms with Gasteiger partial charge in [0.05, 0.1) is 12.6 Å². The van der Waals surface area contributed by atoms with Gasteiger partial charge in [0.1, 0.15) is 4.21 Å². The number of nitrogens with one attached hydrogen (secondary N) is 2. The fourth-order valence-electron chi connectivity index (χ4n) is 2.89. The Morgan fingerprint density at radius 1 is 1.00 bits per heavy atom. The lowest BCUT2D eigenvalue weighted by molar-refractivity contribution is -0.120. The van der Waals surface area contributed by atoms with Crippen molar-refractivity contribution in [3.63, 3.8) is 0 Å². The van der Waals surface area contributed by atoms with E-state index in [1.54, 1.807) is 22.8 Å². The maximum absolute atomic E-state index is 12.5. The molecule has 2 heterocycles. The van der Waals surface area contributed by atoms with Crippen LogP contribution in [0.4, 0.5) is 0 Å². The van der Waals surface area contributed by atoms with Gasteiger partial charge in [-0.3, -0.25) is 4.79 Å². The van der Waals surface area contributed by atoms with Gasteiger partial charge < -0.3 is 5.32 Å². The highest BCUT2D eigenvalue weighted by Gasteiger charge is 2.21. The molecule has 1 amide bonds. The number of carbonyl (C=O) groups is 1. The highest BCUT2D eigenvalue weighted by atomic mass is 32.2. The first-order valence-corrected chi connectivity index (χ1v) is 12.6. The van der Waals surface area contributed by atoms with Crippen LogP contribution in [0.15, 0.2) is 63.5 Å². The Bertz CT molecular complexity index is 1010. The van der Waals surface area contributed by atoms with Gasteiger partial charge in [-0.15, -0.1) is 22.7 Å². The summed E-state index contributed by atoms with van der Waals surface area (Å²) in [6.45, 7) is 4.03. The molecule has 8 heteroatoms. The van der Waals surface area contributed by atoms with E-state index in [0.29, 0.717) is 5.92 Å². The zero-order valence-electron chi connectivity index (χ0n) is 16.3. The second-order valence-electron chi connectivity index (χ2n) is 6.75. The predicted molar refractivity (Wildman–Crippen MR) is 119 cm³/mol. The zero-order chi connectivity index (χ0) is 20.9. The van der Waals surface area contributed by atoms with E-state index in [1.807, 2.05) is 29.6 Å². The summed E-state index contributed by atoms with van der Waals surface area (Å²) in [5.74, 6) is 0.0972. The second-order valence-corrected chi connectivity index (χ2v) is 10.7. The van der Waals surface area contributed by atoms with Crippen LogP contribution in [0.3, 0.4) is 0 Å². The van der Waals surface area contributed by atoms with E-state index in [-0.39, 0.29) is 22.7 Å². The molecular formula is C21H24N2O3S3. The lowest BCUT2D eigenvalue weighted by Gasteiger charge is -2.19. The van der Waals surface area contributed by atoms with Crippen molar-refractivity contribution >= 4 is 38.6 Å². The minimum atomic E-state index is -3.67. The van der Waals surface area contributed by atoms with Gasteiger partial charge in [0.25, 0.3) is 10.0 Å². The van der Waals surface area contributed by atoms with Gasteiger partial charge >= 0.3 is 0 Å². The molecule has 0 saturated carbocycles. The molecule has 2 unspecified atom stereocenters. The molecule has 5 nitrogen and oxygen atoms in total. The van der Waals surface area contributed by atoms with Gasteiger partial charge in [-0.2, -0.15) is 0 Å². The zero-order valence-corrected chi connectivity index (χ0v) is 18.7. The molecule has 3 rings (SSSR count). The van der Waals surface area contributed by atoms with Crippen LogP contribution < -0.4 is 10.0 Å². The number of thiophene rings is 2. The number of benzene rings is 1. The summed E-state index contributed by atoms with van der Waals surface area (Å²) in [5, 5.41) is 6.61. The predicted octanol–water partition coefficient (Wildman–Crippen LogP) is 4.51. The number of sulfonamides is 1. The number of carbonyl (C=O) groups excluding carboxylic acids is 1. The van der Waals surface area contributed by atoms with Crippen molar-refractivity contribution in [1.82, 2.24) is 10.0 Å². The molecule has 2 N–H and O–H groups in total. The Labute approximate surface area is 179 Å². The standard InChI is InChI=1S/C21H24N2O3S3/c1-3-15(2)16-8-10-17(11-9-16)21(18-6-4-12-27-18)23-19(24)14-22-29(25,26)20-7-5-13-28-20/h4-13,15,21-22H,3,14H2,1-2H3,(H,23,24). The average molecular weight is 449 g/mol. The van der Waals surface area contributed by atoms with Crippen molar-refractivity contribution in [3.8, 4) is 0 Å². The van der Waals surface area contributed by atoms with E-state index in [2.05, 4.69) is 36.0 Å². The van der Waals surface area contributed by atoms with Gasteiger partial charge in [0.15, 0.2) is 0 Å². The molecule has 2 atom stereocenters. The third kappa shape index (κ3) is 5.54. The first kappa shape index (κ1) is 21.7. The van der Waals surface area contributed by atoms with E-state index >= 15 is 0 Å². The number of hydrogen-bond acceptors (Lipinski definition) is 5. The second kappa shape index (κ2) is 9.67. The van der Waals surface area contributed by atoms with Crippen LogP contribution in [0.2, 0.25) is 0 Å². The van der Waals surface area contributed by atoms with Gasteiger partial charge in [-0.1, -0.05) is 50.2 Å². The Hall–Kier alpha value is -2.00. The quantitative estimate of drug-likeness (QED) is 0.506. The molecule has 1 aromatic carbocycles. The molecule has 0 saturated heterocycles. The molecule has 154 valence electrons. The summed E-state index contributed by atoms with van der Waals surface area (Å²) < 4.78 is 27.0. The van der Waals surface area contributed by atoms with Gasteiger partial charge in [-0.25, -0.2) is 13.1 Å². The molecule has 29 heavy (non-hydrogen) atoms. The summed E-state index contributed by atoms with van der Waals surface area (Å²) >= 11 is 2.67. The lowest BCUT2D eigenvalue weighted by atomic mass is 9.95. The molecule has 0 spiro atoms. The molecular weight excluding hydrogens is 424 g/mol. The van der Waals surface area contributed by atoms with Crippen molar-refractivity contribution in [2.75, 3.05) is 6.54 Å². The summed E-state index contributed by atoms with van der Waals surface area (Å²) in [6, 6.07) is 15.0. The molecule has 3 aromatic rings. The highest BCUT2D eigenvalue weighted by molar-refractivity contribution is 7.91. The highest BCUT2D eigenvalue weighted by Crippen LogP contribution is 2.28. The molecule has 0 radical (unpaired) electrons. The molecule has 0 aliphatic rings. The summed E-state index contributed by atoms with van der Waals surface area (Å²) in [5.41, 5.74) is 2.23. The van der Waals surface area contributed by atoms with Crippen LogP contribution in [0.25, 0.3) is 0 Å². The third-order valence-corrected chi connectivity index (χ3v) is 8.50. The van der Waals surface area contributed by atoms with Crippen LogP contribution in [0, 0.1) is 0 Å². The summed E-state index contributed by atoms with van der Waals surface area (Å²) in [6.07, 6.45) is 1.06. The summed E-state index contributed by atoms with van der Waals surface area (Å²) in [4.78, 5) is 13.5. The fraction of sp³-hybridized carbons (Fsp3) is 0.286. The number of amides is 1. The van der Waals surface area contributed by atoms with Gasteiger partial charge in [-0.05, 0) is 46.4 Å². The fourth-order valence-corrected chi connectivity index (χ4v) is 5.71. The van der Waals surface area contributed by atoms with Crippen molar-refractivity contribution in [2.45, 2.75) is 36.4 Å². The van der Waals surface area contributed by atoms with Crippen LogP contribution in [-0.4, -0.2) is 20.9 Å². The minimum absolute atomic E-state index is 0.195. The van der Waals surface area contributed by atoms with Crippen LogP contribution in [-0.2, 0) is 14.8 Å². The van der Waals surface area contributed by atoms with E-state index < -0.39 is 10.0 Å². The summed E-state index contributed by atoms with van der Waals surface area (Å²) in [7, 11) is -3.67. The van der Waals surface area contributed by atoms with Crippen molar-refractivity contribution in [3.05, 3.63) is 75.3 Å². The monoisotopic (exact) mass is 448 g/mol. The smallest absolute Gasteiger partial charge is 0.250 e. The van der Waals surface area contributed by atoms with Crippen LogP contribution in [0.1, 0.15) is 48.2 Å². The molecule has 2 aromatic heterocycles. The van der Waals surface area contributed by atoms with E-state index in [9.17, 15) is 13.2 Å². The number of rotatable bonds is 9. The van der Waals surface area contributed by atoms with Gasteiger partial charge in [0.2, 0.25) is 5.91 Å². The Balaban J connectivity index is 1.72. The van der Waals surface area contributed by atoms with E-state index in [1.165, 1.54) is 11.6 Å². The third-order valence-electron chi connectivity index (χ3n) is 4.77. The van der Waals surface area contributed by atoms with Crippen molar-refractivity contribution in [1.29, 1.82) is 0 Å². The SMILES string of the molecule is CCC(C)c1ccc(C(NC(=O)CNS(=O)(=O)c2cccs2)c2cccs2)cc1.